The molecule has 2 heterocycles. The van der Waals surface area contributed by atoms with E-state index in [0.717, 1.165) is 26.2 Å². The summed E-state index contributed by atoms with van der Waals surface area (Å²) >= 11 is 0. The summed E-state index contributed by atoms with van der Waals surface area (Å²) in [5.41, 5.74) is 0.415. The summed E-state index contributed by atoms with van der Waals surface area (Å²) in [6.45, 7) is 6.30. The molecule has 2 fully saturated rings. The smallest absolute Gasteiger partial charge is 0.409 e. The largest absolute Gasteiger partial charge is 0.450 e. The molecule has 14 heavy (non-hydrogen) atoms. The minimum absolute atomic E-state index is 0.142. The van der Waals surface area contributed by atoms with Crippen molar-refractivity contribution >= 4 is 6.09 Å². The molecule has 2 saturated heterocycles. The first-order valence-corrected chi connectivity index (χ1v) is 5.38. The van der Waals surface area contributed by atoms with Crippen LogP contribution in [0.25, 0.3) is 0 Å². The van der Waals surface area contributed by atoms with Crippen LogP contribution in [0.3, 0.4) is 0 Å². The van der Waals surface area contributed by atoms with Crippen LogP contribution in [0.15, 0.2) is 0 Å². The van der Waals surface area contributed by atoms with Gasteiger partial charge in [-0.15, -0.1) is 0 Å². The molecule has 1 spiro atoms. The fraction of sp³-hybridized carbons (Fsp3) is 0.900. The van der Waals surface area contributed by atoms with Gasteiger partial charge >= 0.3 is 6.09 Å². The van der Waals surface area contributed by atoms with E-state index in [9.17, 15) is 4.79 Å². The molecule has 0 aromatic carbocycles. The Labute approximate surface area is 84.6 Å². The standard InChI is InChI=1S/C10H18N2O2/c1-2-14-9(13)12-7-10(8-12)3-5-11-6-4-10/h11H,2-8H2,1H3. The normalized spacial score (nSPS) is 24.5. The van der Waals surface area contributed by atoms with Crippen LogP contribution >= 0.6 is 0 Å². The molecule has 2 rings (SSSR count). The number of likely N-dealkylation sites (tertiary alicyclic amines) is 1. The minimum atomic E-state index is -0.142. The number of rotatable bonds is 1. The molecule has 0 radical (unpaired) electrons. The molecule has 0 atom stereocenters. The van der Waals surface area contributed by atoms with E-state index in [1.807, 2.05) is 11.8 Å². The molecule has 2 aliphatic heterocycles. The van der Waals surface area contributed by atoms with Gasteiger partial charge in [0.15, 0.2) is 0 Å². The highest BCUT2D eigenvalue weighted by Crippen LogP contribution is 2.38. The van der Waals surface area contributed by atoms with Gasteiger partial charge in [0.05, 0.1) is 6.61 Å². The van der Waals surface area contributed by atoms with Crippen molar-refractivity contribution in [1.82, 2.24) is 10.2 Å². The van der Waals surface area contributed by atoms with Gasteiger partial charge in [-0.3, -0.25) is 0 Å². The topological polar surface area (TPSA) is 41.6 Å². The van der Waals surface area contributed by atoms with Crippen molar-refractivity contribution in [1.29, 1.82) is 0 Å². The third kappa shape index (κ3) is 1.71. The molecular formula is C10H18N2O2. The zero-order chi connectivity index (χ0) is 10.0. The monoisotopic (exact) mass is 198 g/mol. The van der Waals surface area contributed by atoms with Gasteiger partial charge in [-0.25, -0.2) is 4.79 Å². The van der Waals surface area contributed by atoms with Gasteiger partial charge in [-0.1, -0.05) is 0 Å². The van der Waals surface area contributed by atoms with E-state index >= 15 is 0 Å². The summed E-state index contributed by atoms with van der Waals surface area (Å²) in [7, 11) is 0. The average molecular weight is 198 g/mol. The van der Waals surface area contributed by atoms with Crippen molar-refractivity contribution in [2.75, 3.05) is 32.8 Å². The molecule has 4 nitrogen and oxygen atoms in total. The number of hydrogen-bond acceptors (Lipinski definition) is 3. The van der Waals surface area contributed by atoms with Gasteiger partial charge < -0.3 is 15.0 Å². The highest BCUT2D eigenvalue weighted by atomic mass is 16.6. The number of amides is 1. The number of nitrogens with zero attached hydrogens (tertiary/aromatic N) is 1. The molecule has 0 aromatic rings. The van der Waals surface area contributed by atoms with Crippen LogP contribution in [0.2, 0.25) is 0 Å². The summed E-state index contributed by atoms with van der Waals surface area (Å²) in [5.74, 6) is 0. The lowest BCUT2D eigenvalue weighted by Gasteiger charge is -2.51. The lowest BCUT2D eigenvalue weighted by Crippen LogP contribution is -2.61. The van der Waals surface area contributed by atoms with Crippen molar-refractivity contribution in [3.8, 4) is 0 Å². The Morgan fingerprint density at radius 1 is 1.43 bits per heavy atom. The quantitative estimate of drug-likeness (QED) is 0.678. The Balaban J connectivity index is 1.79. The number of nitrogens with one attached hydrogen (secondary N) is 1. The van der Waals surface area contributed by atoms with Crippen LogP contribution in [0.4, 0.5) is 4.79 Å². The Hall–Kier alpha value is -0.770. The Morgan fingerprint density at radius 2 is 2.07 bits per heavy atom. The Kier molecular flexibility index (Phi) is 2.63. The third-order valence-electron chi connectivity index (χ3n) is 3.24. The molecule has 4 heteroatoms. The maximum Gasteiger partial charge on any atom is 0.409 e. The maximum absolute atomic E-state index is 11.3. The first-order chi connectivity index (χ1) is 6.76. The summed E-state index contributed by atoms with van der Waals surface area (Å²) in [6, 6.07) is 0. The average Bonchev–Trinajstić information content (AvgIpc) is 2.16. The lowest BCUT2D eigenvalue weighted by molar-refractivity contribution is -0.0201. The van der Waals surface area contributed by atoms with Gasteiger partial charge in [0.2, 0.25) is 0 Å². The predicted octanol–water partition coefficient (Wildman–Crippen LogP) is 0.828. The van der Waals surface area contributed by atoms with Gasteiger partial charge in [0.25, 0.3) is 0 Å². The number of carbonyl (C=O) groups excluding carboxylic acids is 1. The van der Waals surface area contributed by atoms with Crippen LogP contribution < -0.4 is 5.32 Å². The highest BCUT2D eigenvalue weighted by Gasteiger charge is 2.45. The zero-order valence-corrected chi connectivity index (χ0v) is 8.71. The highest BCUT2D eigenvalue weighted by molar-refractivity contribution is 5.68. The van der Waals surface area contributed by atoms with E-state index in [2.05, 4.69) is 5.32 Å². The second-order valence-electron chi connectivity index (χ2n) is 4.30. The van der Waals surface area contributed by atoms with E-state index in [1.54, 1.807) is 0 Å². The van der Waals surface area contributed by atoms with Crippen LogP contribution in [-0.2, 0) is 4.74 Å². The van der Waals surface area contributed by atoms with E-state index in [1.165, 1.54) is 12.8 Å². The van der Waals surface area contributed by atoms with E-state index in [-0.39, 0.29) is 6.09 Å². The van der Waals surface area contributed by atoms with Gasteiger partial charge in [-0.05, 0) is 32.9 Å². The van der Waals surface area contributed by atoms with E-state index in [4.69, 9.17) is 4.74 Å². The lowest BCUT2D eigenvalue weighted by atomic mass is 9.73. The predicted molar refractivity (Wildman–Crippen MR) is 53.1 cm³/mol. The molecule has 80 valence electrons. The summed E-state index contributed by atoms with van der Waals surface area (Å²) in [4.78, 5) is 13.2. The van der Waals surface area contributed by atoms with Crippen molar-refractivity contribution < 1.29 is 9.53 Å². The SMILES string of the molecule is CCOC(=O)N1CC2(CCNCC2)C1. The summed E-state index contributed by atoms with van der Waals surface area (Å²) in [5, 5.41) is 3.34. The van der Waals surface area contributed by atoms with Crippen molar-refractivity contribution in [3.63, 3.8) is 0 Å². The van der Waals surface area contributed by atoms with E-state index < -0.39 is 0 Å². The number of carbonyl (C=O) groups is 1. The summed E-state index contributed by atoms with van der Waals surface area (Å²) < 4.78 is 4.95. The second kappa shape index (κ2) is 3.77. The third-order valence-corrected chi connectivity index (χ3v) is 3.24. The first kappa shape index (κ1) is 9.77. The maximum atomic E-state index is 11.3. The van der Waals surface area contributed by atoms with Crippen LogP contribution in [-0.4, -0.2) is 43.8 Å². The summed E-state index contributed by atoms with van der Waals surface area (Å²) in [6.07, 6.45) is 2.25. The molecule has 0 unspecified atom stereocenters. The molecule has 0 aromatic heterocycles. The molecule has 0 aliphatic carbocycles. The molecule has 0 saturated carbocycles. The van der Waals surface area contributed by atoms with Crippen molar-refractivity contribution in [3.05, 3.63) is 0 Å². The van der Waals surface area contributed by atoms with Crippen molar-refractivity contribution in [2.24, 2.45) is 5.41 Å². The van der Waals surface area contributed by atoms with Crippen LogP contribution in [0.1, 0.15) is 19.8 Å². The Bertz CT molecular complexity index is 216. The fourth-order valence-electron chi connectivity index (χ4n) is 2.38. The molecule has 2 aliphatic rings. The molecule has 0 bridgehead atoms. The van der Waals surface area contributed by atoms with Crippen molar-refractivity contribution in [2.45, 2.75) is 19.8 Å². The molecule has 1 amide bonds. The fourth-order valence-corrected chi connectivity index (χ4v) is 2.38. The minimum Gasteiger partial charge on any atom is -0.450 e. The Morgan fingerprint density at radius 3 is 2.64 bits per heavy atom. The van der Waals surface area contributed by atoms with Gasteiger partial charge in [-0.2, -0.15) is 0 Å². The van der Waals surface area contributed by atoms with Gasteiger partial charge in [0, 0.05) is 18.5 Å². The van der Waals surface area contributed by atoms with E-state index in [0.29, 0.717) is 12.0 Å². The zero-order valence-electron chi connectivity index (χ0n) is 8.71. The van der Waals surface area contributed by atoms with Crippen LogP contribution in [0, 0.1) is 5.41 Å². The number of hydrogen-bond donors (Lipinski definition) is 1. The second-order valence-corrected chi connectivity index (χ2v) is 4.30. The number of ether oxygens (including phenoxy) is 1. The first-order valence-electron chi connectivity index (χ1n) is 5.38. The number of piperidine rings is 1. The molecular weight excluding hydrogens is 180 g/mol. The van der Waals surface area contributed by atoms with Gasteiger partial charge in [0.1, 0.15) is 0 Å². The van der Waals surface area contributed by atoms with Crippen LogP contribution in [0.5, 0.6) is 0 Å². The molecule has 1 N–H and O–H groups in total.